The van der Waals surface area contributed by atoms with Gasteiger partial charge in [-0.3, -0.25) is 4.79 Å². The van der Waals surface area contributed by atoms with E-state index in [1.54, 1.807) is 24.3 Å². The number of amides is 1. The summed E-state index contributed by atoms with van der Waals surface area (Å²) >= 11 is 0. The van der Waals surface area contributed by atoms with E-state index in [4.69, 9.17) is 9.15 Å². The Bertz CT molecular complexity index is 1200. The van der Waals surface area contributed by atoms with Gasteiger partial charge in [0.2, 0.25) is 6.10 Å². The molecule has 0 saturated heterocycles. The van der Waals surface area contributed by atoms with Gasteiger partial charge in [-0.1, -0.05) is 48.0 Å². The van der Waals surface area contributed by atoms with Gasteiger partial charge in [-0.05, 0) is 37.3 Å². The number of fused-ring (bicyclic) bond motifs is 1. The van der Waals surface area contributed by atoms with Crippen molar-refractivity contribution in [2.45, 2.75) is 13.0 Å². The Morgan fingerprint density at radius 3 is 2.41 bits per heavy atom. The van der Waals surface area contributed by atoms with Crippen LogP contribution in [0.1, 0.15) is 17.2 Å². The standard InChI is InChI=1S/C24H19NO4/c1-16-7-11-19(12-8-16)25-24(27)23(18-5-3-2-4-6-18)28-20-13-9-17-10-14-22(26)29-21(17)15-20/h2-15,23H,1H3,(H,25,27)/t23-/m1/s1. The van der Waals surface area contributed by atoms with Crippen molar-refractivity contribution in [3.05, 3.63) is 106 Å². The molecule has 0 unspecified atom stereocenters. The van der Waals surface area contributed by atoms with Crippen LogP contribution in [0.15, 0.2) is 94.1 Å². The molecule has 29 heavy (non-hydrogen) atoms. The molecule has 0 bridgehead atoms. The third-order valence-electron chi connectivity index (χ3n) is 4.51. The number of ether oxygens (including phenoxy) is 1. The van der Waals surface area contributed by atoms with Crippen molar-refractivity contribution in [1.29, 1.82) is 0 Å². The van der Waals surface area contributed by atoms with Gasteiger partial charge in [0.25, 0.3) is 5.91 Å². The highest BCUT2D eigenvalue weighted by atomic mass is 16.5. The summed E-state index contributed by atoms with van der Waals surface area (Å²) in [6.45, 7) is 1.99. The molecule has 1 heterocycles. The Labute approximate surface area is 167 Å². The Balaban J connectivity index is 1.64. The van der Waals surface area contributed by atoms with E-state index in [1.165, 1.54) is 6.07 Å². The van der Waals surface area contributed by atoms with Crippen LogP contribution in [0.3, 0.4) is 0 Å². The van der Waals surface area contributed by atoms with Crippen molar-refractivity contribution in [2.75, 3.05) is 5.32 Å². The zero-order valence-corrected chi connectivity index (χ0v) is 15.8. The normalized spacial score (nSPS) is 11.8. The molecule has 1 aromatic heterocycles. The van der Waals surface area contributed by atoms with Crippen LogP contribution >= 0.6 is 0 Å². The molecule has 0 aliphatic rings. The van der Waals surface area contributed by atoms with Gasteiger partial charge in [0.05, 0.1) is 0 Å². The van der Waals surface area contributed by atoms with Crippen LogP contribution in [0.4, 0.5) is 5.69 Å². The van der Waals surface area contributed by atoms with Crippen LogP contribution in [0.5, 0.6) is 5.75 Å². The molecule has 3 aromatic carbocycles. The molecule has 5 heteroatoms. The molecular weight excluding hydrogens is 366 g/mol. The first-order chi connectivity index (χ1) is 14.1. The highest BCUT2D eigenvalue weighted by molar-refractivity contribution is 5.95. The van der Waals surface area contributed by atoms with E-state index >= 15 is 0 Å². The first kappa shape index (κ1) is 18.5. The molecule has 4 aromatic rings. The number of aryl methyl sites for hydroxylation is 1. The average Bonchev–Trinajstić information content (AvgIpc) is 2.74. The molecule has 0 fully saturated rings. The van der Waals surface area contributed by atoms with E-state index in [0.29, 0.717) is 22.6 Å². The summed E-state index contributed by atoms with van der Waals surface area (Å²) < 4.78 is 11.3. The van der Waals surface area contributed by atoms with Crippen molar-refractivity contribution in [3.63, 3.8) is 0 Å². The van der Waals surface area contributed by atoms with E-state index in [1.807, 2.05) is 61.5 Å². The second-order valence-electron chi connectivity index (χ2n) is 6.72. The van der Waals surface area contributed by atoms with Crippen LogP contribution in [-0.2, 0) is 4.79 Å². The fraction of sp³-hybridized carbons (Fsp3) is 0.0833. The Morgan fingerprint density at radius 2 is 1.66 bits per heavy atom. The molecule has 1 amide bonds. The van der Waals surface area contributed by atoms with Gasteiger partial charge in [0.15, 0.2) is 0 Å². The summed E-state index contributed by atoms with van der Waals surface area (Å²) in [7, 11) is 0. The third-order valence-corrected chi connectivity index (χ3v) is 4.51. The molecular formula is C24H19NO4. The minimum atomic E-state index is -0.870. The van der Waals surface area contributed by atoms with Gasteiger partial charge in [0, 0.05) is 28.8 Å². The monoisotopic (exact) mass is 385 g/mol. The Morgan fingerprint density at radius 1 is 0.931 bits per heavy atom. The minimum Gasteiger partial charge on any atom is -0.476 e. The second-order valence-corrected chi connectivity index (χ2v) is 6.72. The average molecular weight is 385 g/mol. The summed E-state index contributed by atoms with van der Waals surface area (Å²) in [5.41, 5.74) is 2.48. The molecule has 0 aliphatic carbocycles. The van der Waals surface area contributed by atoms with Crippen LogP contribution in [-0.4, -0.2) is 5.91 Å². The summed E-state index contributed by atoms with van der Waals surface area (Å²) in [5.74, 6) is 0.134. The number of benzene rings is 3. The molecule has 0 radical (unpaired) electrons. The summed E-state index contributed by atoms with van der Waals surface area (Å²) in [4.78, 5) is 24.5. The number of anilines is 1. The fourth-order valence-corrected chi connectivity index (χ4v) is 3.00. The van der Waals surface area contributed by atoms with Crippen molar-refractivity contribution >= 4 is 22.6 Å². The van der Waals surface area contributed by atoms with Crippen molar-refractivity contribution < 1.29 is 13.9 Å². The van der Waals surface area contributed by atoms with Crippen LogP contribution in [0.25, 0.3) is 11.0 Å². The zero-order chi connectivity index (χ0) is 20.2. The number of hydrogen-bond acceptors (Lipinski definition) is 4. The first-order valence-corrected chi connectivity index (χ1v) is 9.21. The Hall–Kier alpha value is -3.86. The molecule has 1 N–H and O–H groups in total. The number of rotatable bonds is 5. The van der Waals surface area contributed by atoms with Gasteiger partial charge in [-0.15, -0.1) is 0 Å². The van der Waals surface area contributed by atoms with E-state index < -0.39 is 11.7 Å². The largest absolute Gasteiger partial charge is 0.476 e. The number of carbonyl (C=O) groups is 1. The van der Waals surface area contributed by atoms with E-state index in [9.17, 15) is 9.59 Å². The predicted molar refractivity (Wildman–Crippen MR) is 112 cm³/mol. The van der Waals surface area contributed by atoms with Gasteiger partial charge >= 0.3 is 5.63 Å². The van der Waals surface area contributed by atoms with Gasteiger partial charge < -0.3 is 14.5 Å². The fourth-order valence-electron chi connectivity index (χ4n) is 3.00. The van der Waals surface area contributed by atoms with E-state index in [-0.39, 0.29) is 5.91 Å². The summed E-state index contributed by atoms with van der Waals surface area (Å²) in [6, 6.07) is 25.0. The first-order valence-electron chi connectivity index (χ1n) is 9.21. The van der Waals surface area contributed by atoms with Crippen molar-refractivity contribution in [1.82, 2.24) is 0 Å². The van der Waals surface area contributed by atoms with Crippen LogP contribution in [0.2, 0.25) is 0 Å². The quantitative estimate of drug-likeness (QED) is 0.498. The molecule has 1 atom stereocenters. The molecule has 144 valence electrons. The van der Waals surface area contributed by atoms with Gasteiger partial charge in [0.1, 0.15) is 11.3 Å². The van der Waals surface area contributed by atoms with Crippen molar-refractivity contribution in [3.8, 4) is 5.75 Å². The van der Waals surface area contributed by atoms with E-state index in [0.717, 1.165) is 10.9 Å². The molecule has 0 aliphatic heterocycles. The lowest BCUT2D eigenvalue weighted by Gasteiger charge is -2.19. The lowest BCUT2D eigenvalue weighted by Crippen LogP contribution is -2.25. The third kappa shape index (κ3) is 4.35. The van der Waals surface area contributed by atoms with Gasteiger partial charge in [-0.2, -0.15) is 0 Å². The molecule has 0 spiro atoms. The van der Waals surface area contributed by atoms with Crippen molar-refractivity contribution in [2.24, 2.45) is 0 Å². The minimum absolute atomic E-state index is 0.297. The Kier molecular flexibility index (Phi) is 5.12. The maximum absolute atomic E-state index is 13.0. The zero-order valence-electron chi connectivity index (χ0n) is 15.8. The van der Waals surface area contributed by atoms with Gasteiger partial charge in [-0.25, -0.2) is 4.79 Å². The molecule has 0 saturated carbocycles. The lowest BCUT2D eigenvalue weighted by atomic mass is 10.1. The topological polar surface area (TPSA) is 68.5 Å². The molecule has 5 nitrogen and oxygen atoms in total. The van der Waals surface area contributed by atoms with E-state index in [2.05, 4.69) is 5.32 Å². The van der Waals surface area contributed by atoms with Crippen LogP contribution < -0.4 is 15.7 Å². The SMILES string of the molecule is Cc1ccc(NC(=O)[C@H](Oc2ccc3ccc(=O)oc3c2)c2ccccc2)cc1. The predicted octanol–water partition coefficient (Wildman–Crippen LogP) is 4.86. The highest BCUT2D eigenvalue weighted by Gasteiger charge is 2.23. The number of nitrogens with one attached hydrogen (secondary N) is 1. The lowest BCUT2D eigenvalue weighted by molar-refractivity contribution is -0.123. The summed E-state index contributed by atoms with van der Waals surface area (Å²) in [5, 5.41) is 3.67. The van der Waals surface area contributed by atoms with Crippen LogP contribution in [0, 0.1) is 6.92 Å². The maximum Gasteiger partial charge on any atom is 0.336 e. The number of carbonyl (C=O) groups excluding carboxylic acids is 1. The highest BCUT2D eigenvalue weighted by Crippen LogP contribution is 2.26. The molecule has 4 rings (SSSR count). The maximum atomic E-state index is 13.0. The second kappa shape index (κ2) is 8.02. The smallest absolute Gasteiger partial charge is 0.336 e. The number of hydrogen-bond donors (Lipinski definition) is 1. The summed E-state index contributed by atoms with van der Waals surface area (Å²) in [6.07, 6.45) is -0.870.